The van der Waals surface area contributed by atoms with E-state index in [1.165, 1.54) is 0 Å². The molecular formula is C10H16ClN3O. The van der Waals surface area contributed by atoms with E-state index in [2.05, 4.69) is 15.6 Å². The topological polar surface area (TPSA) is 54.0 Å². The second-order valence-electron chi connectivity index (χ2n) is 2.95. The van der Waals surface area contributed by atoms with Crippen molar-refractivity contribution >= 4 is 18.3 Å². The third-order valence-electron chi connectivity index (χ3n) is 1.81. The van der Waals surface area contributed by atoms with Crippen LogP contribution in [0.2, 0.25) is 0 Å². The van der Waals surface area contributed by atoms with Crippen LogP contribution in [-0.2, 0) is 0 Å². The molecule has 0 saturated heterocycles. The van der Waals surface area contributed by atoms with Crippen LogP contribution in [0.4, 0.5) is 0 Å². The summed E-state index contributed by atoms with van der Waals surface area (Å²) in [6.07, 6.45) is 4.15. The van der Waals surface area contributed by atoms with E-state index >= 15 is 0 Å². The molecule has 1 rings (SSSR count). The monoisotopic (exact) mass is 229 g/mol. The lowest BCUT2D eigenvalue weighted by molar-refractivity contribution is 0.0953. The lowest BCUT2D eigenvalue weighted by Crippen LogP contribution is -2.26. The summed E-state index contributed by atoms with van der Waals surface area (Å²) in [5, 5.41) is 5.83. The Labute approximate surface area is 95.9 Å². The van der Waals surface area contributed by atoms with Gasteiger partial charge in [-0.1, -0.05) is 0 Å². The lowest BCUT2D eigenvalue weighted by Gasteiger charge is -2.03. The van der Waals surface area contributed by atoms with Crippen molar-refractivity contribution in [3.63, 3.8) is 0 Å². The smallest absolute Gasteiger partial charge is 0.252 e. The Morgan fingerprint density at radius 3 is 2.87 bits per heavy atom. The van der Waals surface area contributed by atoms with Crippen LogP contribution in [0, 0.1) is 0 Å². The molecule has 5 heteroatoms. The van der Waals surface area contributed by atoms with Gasteiger partial charge in [-0.2, -0.15) is 0 Å². The standard InChI is InChI=1S/C10H15N3O.ClH/c1-11-5-3-7-13-10(14)9-4-2-6-12-8-9;/h2,4,6,8,11H,3,5,7H2,1H3,(H,13,14);1H. The Kier molecular flexibility index (Phi) is 7.58. The zero-order valence-corrected chi connectivity index (χ0v) is 9.51. The number of hydrogen-bond acceptors (Lipinski definition) is 3. The van der Waals surface area contributed by atoms with E-state index in [4.69, 9.17) is 0 Å². The van der Waals surface area contributed by atoms with Gasteiger partial charge in [-0.15, -0.1) is 12.4 Å². The van der Waals surface area contributed by atoms with Crippen molar-refractivity contribution in [1.29, 1.82) is 0 Å². The third-order valence-corrected chi connectivity index (χ3v) is 1.81. The molecule has 0 radical (unpaired) electrons. The Hall–Kier alpha value is -1.13. The number of nitrogens with zero attached hydrogens (tertiary/aromatic N) is 1. The van der Waals surface area contributed by atoms with Crippen LogP contribution in [-0.4, -0.2) is 31.0 Å². The predicted octanol–water partition coefficient (Wildman–Crippen LogP) is 0.843. The minimum Gasteiger partial charge on any atom is -0.352 e. The molecule has 0 saturated carbocycles. The summed E-state index contributed by atoms with van der Waals surface area (Å²) in [4.78, 5) is 15.3. The van der Waals surface area contributed by atoms with Crippen LogP contribution in [0.5, 0.6) is 0 Å². The van der Waals surface area contributed by atoms with Gasteiger partial charge in [-0.05, 0) is 32.1 Å². The van der Waals surface area contributed by atoms with Gasteiger partial charge in [0.05, 0.1) is 5.56 Å². The highest BCUT2D eigenvalue weighted by Gasteiger charge is 2.02. The third kappa shape index (κ3) is 5.34. The van der Waals surface area contributed by atoms with Crippen LogP contribution < -0.4 is 10.6 Å². The normalized spacial score (nSPS) is 9.13. The Morgan fingerprint density at radius 2 is 2.27 bits per heavy atom. The van der Waals surface area contributed by atoms with Crippen LogP contribution >= 0.6 is 12.4 Å². The fourth-order valence-corrected chi connectivity index (χ4v) is 1.07. The summed E-state index contributed by atoms with van der Waals surface area (Å²) in [5.41, 5.74) is 0.608. The molecule has 0 bridgehead atoms. The first-order valence-electron chi connectivity index (χ1n) is 4.67. The van der Waals surface area contributed by atoms with Crippen molar-refractivity contribution in [3.05, 3.63) is 30.1 Å². The van der Waals surface area contributed by atoms with E-state index in [0.717, 1.165) is 13.0 Å². The number of halogens is 1. The summed E-state index contributed by atoms with van der Waals surface area (Å²) in [6, 6.07) is 3.50. The molecule has 1 heterocycles. The molecule has 2 N–H and O–H groups in total. The number of carbonyl (C=O) groups is 1. The highest BCUT2D eigenvalue weighted by atomic mass is 35.5. The molecule has 15 heavy (non-hydrogen) atoms. The second kappa shape index (κ2) is 8.20. The highest BCUT2D eigenvalue weighted by molar-refractivity contribution is 5.93. The summed E-state index contributed by atoms with van der Waals surface area (Å²) >= 11 is 0. The zero-order chi connectivity index (χ0) is 10.2. The molecule has 1 aromatic heterocycles. The van der Waals surface area contributed by atoms with Gasteiger partial charge in [0, 0.05) is 18.9 Å². The lowest BCUT2D eigenvalue weighted by atomic mass is 10.2. The molecule has 0 spiro atoms. The molecule has 0 fully saturated rings. The maximum absolute atomic E-state index is 11.4. The van der Waals surface area contributed by atoms with E-state index in [1.54, 1.807) is 24.5 Å². The molecule has 1 aromatic rings. The van der Waals surface area contributed by atoms with Crippen LogP contribution in [0.25, 0.3) is 0 Å². The SMILES string of the molecule is CNCCCNC(=O)c1cccnc1.Cl. The van der Waals surface area contributed by atoms with Crippen molar-refractivity contribution in [2.75, 3.05) is 20.1 Å². The molecule has 4 nitrogen and oxygen atoms in total. The number of nitrogens with one attached hydrogen (secondary N) is 2. The van der Waals surface area contributed by atoms with Gasteiger partial charge in [0.1, 0.15) is 0 Å². The average Bonchev–Trinajstić information content (AvgIpc) is 2.25. The maximum atomic E-state index is 11.4. The van der Waals surface area contributed by atoms with Gasteiger partial charge in [0.25, 0.3) is 5.91 Å². The molecule has 0 aromatic carbocycles. The summed E-state index contributed by atoms with van der Waals surface area (Å²) in [7, 11) is 1.89. The van der Waals surface area contributed by atoms with Gasteiger partial charge in [-0.3, -0.25) is 9.78 Å². The number of aromatic nitrogens is 1. The van der Waals surface area contributed by atoms with Gasteiger partial charge in [-0.25, -0.2) is 0 Å². The van der Waals surface area contributed by atoms with Crippen LogP contribution in [0.15, 0.2) is 24.5 Å². The summed E-state index contributed by atoms with van der Waals surface area (Å²) in [6.45, 7) is 1.60. The summed E-state index contributed by atoms with van der Waals surface area (Å²) < 4.78 is 0. The Bertz CT molecular complexity index is 279. The zero-order valence-electron chi connectivity index (χ0n) is 8.69. The molecule has 0 aliphatic carbocycles. The molecule has 0 atom stereocenters. The quantitative estimate of drug-likeness (QED) is 0.736. The Morgan fingerprint density at radius 1 is 1.47 bits per heavy atom. The number of rotatable bonds is 5. The minimum absolute atomic E-state index is 0. The van der Waals surface area contributed by atoms with E-state index < -0.39 is 0 Å². The molecule has 0 unspecified atom stereocenters. The van der Waals surface area contributed by atoms with Crippen molar-refractivity contribution in [1.82, 2.24) is 15.6 Å². The van der Waals surface area contributed by atoms with Crippen molar-refractivity contribution in [2.45, 2.75) is 6.42 Å². The van der Waals surface area contributed by atoms with Crippen LogP contribution in [0.1, 0.15) is 16.8 Å². The summed E-state index contributed by atoms with van der Waals surface area (Å²) in [5.74, 6) is -0.0609. The minimum atomic E-state index is -0.0609. The fraction of sp³-hybridized carbons (Fsp3) is 0.400. The van der Waals surface area contributed by atoms with Gasteiger partial charge in [0.15, 0.2) is 0 Å². The largest absolute Gasteiger partial charge is 0.352 e. The number of pyridine rings is 1. The molecule has 0 aliphatic heterocycles. The van der Waals surface area contributed by atoms with Crippen molar-refractivity contribution in [2.24, 2.45) is 0 Å². The second-order valence-corrected chi connectivity index (χ2v) is 2.95. The first-order chi connectivity index (χ1) is 6.84. The number of amides is 1. The maximum Gasteiger partial charge on any atom is 0.252 e. The molecular weight excluding hydrogens is 214 g/mol. The molecule has 1 amide bonds. The van der Waals surface area contributed by atoms with E-state index in [0.29, 0.717) is 12.1 Å². The Balaban J connectivity index is 0.00000196. The van der Waals surface area contributed by atoms with Crippen molar-refractivity contribution in [3.8, 4) is 0 Å². The van der Waals surface area contributed by atoms with Crippen molar-refractivity contribution < 1.29 is 4.79 Å². The molecule has 0 aliphatic rings. The highest BCUT2D eigenvalue weighted by Crippen LogP contribution is 1.94. The fourth-order valence-electron chi connectivity index (χ4n) is 1.07. The first-order valence-corrected chi connectivity index (χ1v) is 4.67. The number of hydrogen-bond donors (Lipinski definition) is 2. The predicted molar refractivity (Wildman–Crippen MR) is 62.4 cm³/mol. The van der Waals surface area contributed by atoms with E-state index in [-0.39, 0.29) is 18.3 Å². The van der Waals surface area contributed by atoms with Gasteiger partial charge in [0.2, 0.25) is 0 Å². The average molecular weight is 230 g/mol. The van der Waals surface area contributed by atoms with Gasteiger partial charge < -0.3 is 10.6 Å². The van der Waals surface area contributed by atoms with E-state index in [9.17, 15) is 4.79 Å². The number of carbonyl (C=O) groups excluding carboxylic acids is 1. The first kappa shape index (κ1) is 13.9. The van der Waals surface area contributed by atoms with E-state index in [1.807, 2.05) is 7.05 Å². The van der Waals surface area contributed by atoms with Gasteiger partial charge >= 0.3 is 0 Å². The molecule has 84 valence electrons. The van der Waals surface area contributed by atoms with Crippen LogP contribution in [0.3, 0.4) is 0 Å².